The molecule has 81 heavy (non-hydrogen) atoms. The average molecular weight is 1150 g/mol. The standard InChI is InChI=1S/C30H28.C22H21Br.C22H22.CH3F.2F2/c1-23-13-19-28(20-14-23)30(24(2)27-11-7-4-8-12-27)29-21-17-26(18-22-29)16-15-25-9-5-3-6-10-25;1-16-8-10-19(11-9-16)22(20-12-14-21(23)15-13-20)17(2)18-6-4-3-5-7-18;1-17-13-15-21(16-14-17)22(20-11-7-4-8-12-20)18(2)19-9-5-3-6-10-19;3*1-2/h3-22,24,30H,1-2H3;3-15,17,22H,1-2H3;3-16,18,22H,1-2H3;1H3;;/b16-15+;;;;;. The molecule has 0 aliphatic rings. The highest BCUT2D eigenvalue weighted by Crippen LogP contribution is 2.41. The quantitative estimate of drug-likeness (QED) is 0.0752. The van der Waals surface area contributed by atoms with E-state index in [0.717, 1.165) is 4.47 Å². The summed E-state index contributed by atoms with van der Waals surface area (Å²) in [4.78, 5) is 0. The Hall–Kier alpha value is -7.93. The van der Waals surface area contributed by atoms with Crippen LogP contribution < -0.4 is 0 Å². The largest absolute Gasteiger partial charge is 0.255 e. The zero-order valence-electron chi connectivity index (χ0n) is 47.4. The first-order chi connectivity index (χ1) is 39.6. The minimum atomic E-state index is 0.320. The second-order valence-corrected chi connectivity index (χ2v) is 21.1. The van der Waals surface area contributed by atoms with Gasteiger partial charge in [0.25, 0.3) is 0 Å². The van der Waals surface area contributed by atoms with E-state index in [4.69, 9.17) is 18.3 Å². The molecule has 6 atom stereocenters. The smallest absolute Gasteiger partial charge is 0.0785 e. The molecular weight excluding hydrogens is 1080 g/mol. The summed E-state index contributed by atoms with van der Waals surface area (Å²) >= 11 is 3.54. The molecule has 0 fully saturated rings. The Bertz CT molecular complexity index is 3200. The van der Waals surface area contributed by atoms with Crippen LogP contribution in [0, 0.1) is 20.8 Å². The molecule has 0 bridgehead atoms. The number of hydrogen-bond acceptors (Lipinski definition) is 0. The molecule has 416 valence electrons. The fraction of sp³-hybridized carbons (Fsp3) is 0.173. The van der Waals surface area contributed by atoms with Crippen molar-refractivity contribution >= 4 is 28.1 Å². The maximum Gasteiger partial charge on any atom is 0.0785 e. The summed E-state index contributed by atoms with van der Waals surface area (Å²) in [6.45, 7) is 13.4. The molecule has 0 aromatic heterocycles. The zero-order valence-corrected chi connectivity index (χ0v) is 49.0. The van der Waals surface area contributed by atoms with Gasteiger partial charge in [0.2, 0.25) is 0 Å². The van der Waals surface area contributed by atoms with E-state index in [1.807, 2.05) is 6.07 Å². The molecule has 0 aliphatic carbocycles. The van der Waals surface area contributed by atoms with Crippen LogP contribution in [0.2, 0.25) is 0 Å². The zero-order chi connectivity index (χ0) is 58.4. The lowest BCUT2D eigenvalue weighted by atomic mass is 9.78. The summed E-state index contributed by atoms with van der Waals surface area (Å²) in [6, 6.07) is 98.4. The van der Waals surface area contributed by atoms with E-state index in [9.17, 15) is 4.39 Å². The summed E-state index contributed by atoms with van der Waals surface area (Å²) in [5, 5.41) is 0. The molecule has 10 aromatic carbocycles. The Labute approximate surface area is 487 Å². The monoisotopic (exact) mass is 1150 g/mol. The van der Waals surface area contributed by atoms with E-state index < -0.39 is 0 Å². The highest BCUT2D eigenvalue weighted by atomic mass is 79.9. The van der Waals surface area contributed by atoms with Crippen molar-refractivity contribution in [3.63, 3.8) is 0 Å². The number of hydrogen-bond donors (Lipinski definition) is 0. The van der Waals surface area contributed by atoms with Crippen molar-refractivity contribution in [1.82, 2.24) is 0 Å². The van der Waals surface area contributed by atoms with Crippen LogP contribution in [0.3, 0.4) is 0 Å². The number of aryl methyl sites for hydroxylation is 3. The highest BCUT2D eigenvalue weighted by molar-refractivity contribution is 9.10. The van der Waals surface area contributed by atoms with Gasteiger partial charge in [-0.1, -0.05) is 326 Å². The lowest BCUT2D eigenvalue weighted by molar-refractivity contribution is 0.108. The van der Waals surface area contributed by atoms with Crippen LogP contribution in [-0.4, -0.2) is 7.18 Å². The topological polar surface area (TPSA) is 0 Å². The lowest BCUT2D eigenvalue weighted by Crippen LogP contribution is -2.10. The van der Waals surface area contributed by atoms with Crippen LogP contribution in [0.4, 0.5) is 22.7 Å². The molecule has 6 unspecified atom stereocenters. The number of benzene rings is 10. The SMILES string of the molecule is CF.Cc1ccc(C(c2ccc(/C=C/c3ccccc3)cc2)C(C)c2ccccc2)cc1.Cc1ccc(C(c2ccc(Br)cc2)C(C)c2ccccc2)cc1.Cc1ccc(C(c2ccccc2)C(C)c2ccccc2)cc1.FF.FF. The molecule has 0 heterocycles. The van der Waals surface area contributed by atoms with Gasteiger partial charge in [-0.15, -0.1) is 0 Å². The summed E-state index contributed by atoms with van der Waals surface area (Å²) < 4.78 is 42.6. The van der Waals surface area contributed by atoms with Gasteiger partial charge in [0.15, 0.2) is 0 Å². The molecule has 0 saturated carbocycles. The molecular formula is C75H74BrF5. The molecule has 0 N–H and O–H groups in total. The van der Waals surface area contributed by atoms with Gasteiger partial charge < -0.3 is 0 Å². The van der Waals surface area contributed by atoms with E-state index >= 15 is 0 Å². The molecule has 0 nitrogen and oxygen atoms in total. The van der Waals surface area contributed by atoms with Gasteiger partial charge in [0.05, 0.1) is 7.18 Å². The van der Waals surface area contributed by atoms with Crippen molar-refractivity contribution in [1.29, 1.82) is 0 Å². The number of rotatable bonds is 14. The van der Waals surface area contributed by atoms with Gasteiger partial charge in [-0.3, -0.25) is 4.39 Å². The van der Waals surface area contributed by atoms with Crippen molar-refractivity contribution in [2.45, 2.75) is 77.0 Å². The second-order valence-electron chi connectivity index (χ2n) is 20.1. The summed E-state index contributed by atoms with van der Waals surface area (Å²) in [5.74, 6) is 2.29. The van der Waals surface area contributed by atoms with Crippen LogP contribution in [0.5, 0.6) is 0 Å². The Morgan fingerprint density at radius 1 is 0.259 bits per heavy atom. The predicted molar refractivity (Wildman–Crippen MR) is 337 cm³/mol. The summed E-state index contributed by atoms with van der Waals surface area (Å²) in [6.07, 6.45) is 4.35. The van der Waals surface area contributed by atoms with Crippen LogP contribution >= 0.6 is 15.9 Å². The van der Waals surface area contributed by atoms with E-state index in [0.29, 0.717) is 42.7 Å². The van der Waals surface area contributed by atoms with Gasteiger partial charge in [0.1, 0.15) is 0 Å². The predicted octanol–water partition coefficient (Wildman–Crippen LogP) is 23.0. The van der Waals surface area contributed by atoms with Crippen molar-refractivity contribution in [2.75, 3.05) is 7.18 Å². The third-order valence-electron chi connectivity index (χ3n) is 14.7. The molecule has 6 heteroatoms. The van der Waals surface area contributed by atoms with Crippen molar-refractivity contribution < 1.29 is 22.7 Å². The summed E-state index contributed by atoms with van der Waals surface area (Å²) in [7, 11) is 0.500. The van der Waals surface area contributed by atoms with Crippen LogP contribution in [0.1, 0.15) is 134 Å². The first-order valence-corrected chi connectivity index (χ1v) is 28.0. The van der Waals surface area contributed by atoms with Crippen molar-refractivity contribution in [3.05, 3.63) is 355 Å². The Morgan fingerprint density at radius 3 is 0.728 bits per heavy atom. The lowest BCUT2D eigenvalue weighted by Gasteiger charge is -2.26. The molecule has 10 rings (SSSR count). The first kappa shape index (κ1) is 63.9. The van der Waals surface area contributed by atoms with Crippen LogP contribution in [-0.2, 0) is 0 Å². The van der Waals surface area contributed by atoms with Gasteiger partial charge in [0, 0.05) is 40.5 Å². The molecule has 0 saturated heterocycles. The molecule has 0 radical (unpaired) electrons. The fourth-order valence-electron chi connectivity index (χ4n) is 10.4. The highest BCUT2D eigenvalue weighted by Gasteiger charge is 2.25. The fourth-order valence-corrected chi connectivity index (χ4v) is 10.6. The molecule has 0 amide bonds. The number of halogens is 6. The van der Waals surface area contributed by atoms with E-state index in [1.54, 1.807) is 0 Å². The normalized spacial score (nSPS) is 12.7. The van der Waals surface area contributed by atoms with Gasteiger partial charge in [-0.25, -0.2) is 0 Å². The summed E-state index contributed by atoms with van der Waals surface area (Å²) in [5.41, 5.74) is 18.7. The first-order valence-electron chi connectivity index (χ1n) is 27.3. The molecule has 0 aliphatic heterocycles. The Kier molecular flexibility index (Phi) is 27.6. The van der Waals surface area contributed by atoms with E-state index in [2.05, 4.69) is 337 Å². The molecule has 0 spiro atoms. The minimum absolute atomic E-state index is 0.320. The Morgan fingerprint density at radius 2 is 0.457 bits per heavy atom. The van der Waals surface area contributed by atoms with Crippen molar-refractivity contribution in [2.24, 2.45) is 0 Å². The van der Waals surface area contributed by atoms with E-state index in [1.165, 1.54) is 77.9 Å². The minimum Gasteiger partial charge on any atom is -0.255 e. The second kappa shape index (κ2) is 34.9. The average Bonchev–Trinajstić information content (AvgIpc) is 3.60. The van der Waals surface area contributed by atoms with Gasteiger partial charge >= 0.3 is 0 Å². The third kappa shape index (κ3) is 19.4. The van der Waals surface area contributed by atoms with Crippen molar-refractivity contribution in [3.8, 4) is 0 Å². The van der Waals surface area contributed by atoms with Gasteiger partial charge in [-0.05, 0) is 112 Å². The maximum absolute atomic E-state index is 9.50. The third-order valence-corrected chi connectivity index (χ3v) is 15.3. The van der Waals surface area contributed by atoms with Crippen LogP contribution in [0.25, 0.3) is 12.2 Å². The van der Waals surface area contributed by atoms with E-state index in [-0.39, 0.29) is 0 Å². The number of alkyl halides is 1. The van der Waals surface area contributed by atoms with Crippen LogP contribution in [0.15, 0.2) is 277 Å². The Balaban J connectivity index is 0.000000216. The van der Waals surface area contributed by atoms with Gasteiger partial charge in [-0.2, -0.15) is 0 Å². The maximum atomic E-state index is 9.50. The molecule has 10 aromatic rings.